The fourth-order valence-electron chi connectivity index (χ4n) is 5.90. The number of benzene rings is 2. The molecular weight excluding hydrogens is 460 g/mol. The van der Waals surface area contributed by atoms with Crippen LogP contribution in [-0.4, -0.2) is 31.0 Å². The van der Waals surface area contributed by atoms with E-state index in [-0.39, 0.29) is 28.9 Å². The first kappa shape index (κ1) is 24.4. The zero-order valence-electron chi connectivity index (χ0n) is 20.9. The average molecular weight is 491 g/mol. The highest BCUT2D eigenvalue weighted by molar-refractivity contribution is 6.83. The van der Waals surface area contributed by atoms with Crippen molar-refractivity contribution in [2.75, 3.05) is 0 Å². The van der Waals surface area contributed by atoms with E-state index in [1.165, 1.54) is 0 Å². The van der Waals surface area contributed by atoms with E-state index in [1.807, 2.05) is 17.0 Å². The topological polar surface area (TPSA) is 53.3 Å². The lowest BCUT2D eigenvalue weighted by molar-refractivity contribution is -0.199. The van der Waals surface area contributed by atoms with Gasteiger partial charge in [0.2, 0.25) is 0 Å². The fraction of sp³-hybridized carbons (Fsp3) is 0.429. The molecule has 1 aliphatic heterocycles. The second kappa shape index (κ2) is 8.19. The zero-order valence-corrected chi connectivity index (χ0v) is 22.7. The molecular formula is C28H31ClN2O2Si. The summed E-state index contributed by atoms with van der Waals surface area (Å²) in [7, 11) is -1.47. The summed E-state index contributed by atoms with van der Waals surface area (Å²) >= 11 is 6.22. The maximum absolute atomic E-state index is 13.4. The van der Waals surface area contributed by atoms with Gasteiger partial charge in [-0.3, -0.25) is 4.79 Å². The summed E-state index contributed by atoms with van der Waals surface area (Å²) < 4.78 is 6.40. The molecule has 1 heterocycles. The SMILES string of the molecule is CC1(C)C(Oc2ccc(C#N)c(Cl)c2)C(C)(C)C1N1Cc2cc(C#C[Si](C)(C)C)ccc2C1=O. The number of rotatable bonds is 3. The standard InChI is InChI=1S/C28H31ClN2O2Si/c1-27(2)25(28(3,4)26(27)33-21-10-9-19(16-30)23(29)15-21)31-17-20-14-18(12-13-34(5,6)7)8-11-22(20)24(31)32/h8-11,14-15,25-26H,17H2,1-7H3. The molecule has 4 rings (SSSR count). The van der Waals surface area contributed by atoms with Crippen LogP contribution < -0.4 is 4.74 Å². The van der Waals surface area contributed by atoms with Crippen LogP contribution in [0.5, 0.6) is 5.75 Å². The third-order valence-corrected chi connectivity index (χ3v) is 8.09. The predicted molar refractivity (Wildman–Crippen MR) is 138 cm³/mol. The Morgan fingerprint density at radius 1 is 1.09 bits per heavy atom. The second-order valence-electron chi connectivity index (χ2n) is 11.6. The third-order valence-electron chi connectivity index (χ3n) is 6.91. The van der Waals surface area contributed by atoms with Crippen LogP contribution >= 0.6 is 11.6 Å². The number of hydrogen-bond acceptors (Lipinski definition) is 3. The van der Waals surface area contributed by atoms with Gasteiger partial charge in [-0.05, 0) is 35.9 Å². The van der Waals surface area contributed by atoms with Crippen molar-refractivity contribution in [2.45, 2.75) is 66.0 Å². The molecule has 2 aromatic rings. The summed E-state index contributed by atoms with van der Waals surface area (Å²) in [4.78, 5) is 15.4. The predicted octanol–water partition coefficient (Wildman–Crippen LogP) is 6.28. The molecule has 0 unspecified atom stereocenters. The van der Waals surface area contributed by atoms with Crippen LogP contribution in [0.3, 0.4) is 0 Å². The van der Waals surface area contributed by atoms with Crippen molar-refractivity contribution >= 4 is 25.6 Å². The quantitative estimate of drug-likeness (QED) is 0.376. The minimum atomic E-state index is -1.47. The van der Waals surface area contributed by atoms with E-state index in [4.69, 9.17) is 21.6 Å². The Kier molecular flexibility index (Phi) is 5.87. The lowest BCUT2D eigenvalue weighted by Crippen LogP contribution is -2.74. The van der Waals surface area contributed by atoms with Crippen molar-refractivity contribution in [1.82, 2.24) is 4.90 Å². The molecule has 0 N–H and O–H groups in total. The number of hydrogen-bond donors (Lipinski definition) is 0. The summed E-state index contributed by atoms with van der Waals surface area (Å²) in [6.07, 6.45) is -0.122. The number of carbonyl (C=O) groups is 1. The van der Waals surface area contributed by atoms with Crippen molar-refractivity contribution in [2.24, 2.45) is 10.8 Å². The van der Waals surface area contributed by atoms with Crippen molar-refractivity contribution < 1.29 is 9.53 Å². The minimum Gasteiger partial charge on any atom is -0.489 e. The minimum absolute atomic E-state index is 0.00951. The van der Waals surface area contributed by atoms with Gasteiger partial charge in [0.15, 0.2) is 0 Å². The van der Waals surface area contributed by atoms with E-state index >= 15 is 0 Å². The Morgan fingerprint density at radius 2 is 1.76 bits per heavy atom. The molecule has 176 valence electrons. The second-order valence-corrected chi connectivity index (χ2v) is 16.8. The van der Waals surface area contributed by atoms with Gasteiger partial charge in [0.25, 0.3) is 5.91 Å². The number of amides is 1. The lowest BCUT2D eigenvalue weighted by atomic mass is 9.49. The molecule has 0 aromatic heterocycles. The first-order valence-electron chi connectivity index (χ1n) is 11.6. The Labute approximate surface area is 208 Å². The summed E-state index contributed by atoms with van der Waals surface area (Å²) in [6, 6.07) is 13.2. The maximum atomic E-state index is 13.4. The molecule has 2 aromatic carbocycles. The summed E-state index contributed by atoms with van der Waals surface area (Å²) in [5.74, 6) is 4.02. The van der Waals surface area contributed by atoms with Crippen molar-refractivity contribution in [1.29, 1.82) is 5.26 Å². The number of nitriles is 1. The molecule has 6 heteroatoms. The molecule has 0 radical (unpaired) electrons. The van der Waals surface area contributed by atoms with Crippen molar-refractivity contribution in [3.63, 3.8) is 0 Å². The van der Waals surface area contributed by atoms with Gasteiger partial charge in [-0.2, -0.15) is 5.26 Å². The van der Waals surface area contributed by atoms with Crippen LogP contribution in [0.25, 0.3) is 0 Å². The number of fused-ring (bicyclic) bond motifs is 1. The molecule has 0 bridgehead atoms. The van der Waals surface area contributed by atoms with E-state index in [9.17, 15) is 4.79 Å². The van der Waals surface area contributed by atoms with Crippen molar-refractivity contribution in [3.05, 3.63) is 63.7 Å². The number of ether oxygens (including phenoxy) is 1. The third kappa shape index (κ3) is 4.13. The van der Waals surface area contributed by atoms with Gasteiger partial charge in [-0.25, -0.2) is 0 Å². The van der Waals surface area contributed by atoms with Crippen molar-refractivity contribution in [3.8, 4) is 23.3 Å². The molecule has 0 saturated heterocycles. The van der Waals surface area contributed by atoms with Crippen LogP contribution in [0.1, 0.15) is 54.7 Å². The average Bonchev–Trinajstić information content (AvgIpc) is 3.04. The highest BCUT2D eigenvalue weighted by Crippen LogP contribution is 2.59. The van der Waals surface area contributed by atoms with Gasteiger partial charge in [-0.1, -0.05) is 64.9 Å². The highest BCUT2D eigenvalue weighted by Gasteiger charge is 2.66. The van der Waals surface area contributed by atoms with E-state index < -0.39 is 8.07 Å². The van der Waals surface area contributed by atoms with Crippen LogP contribution in [-0.2, 0) is 6.54 Å². The van der Waals surface area contributed by atoms with E-state index in [1.54, 1.807) is 18.2 Å². The summed E-state index contributed by atoms with van der Waals surface area (Å²) in [6.45, 7) is 15.9. The molecule has 1 fully saturated rings. The summed E-state index contributed by atoms with van der Waals surface area (Å²) in [5, 5.41) is 9.51. The first-order valence-corrected chi connectivity index (χ1v) is 15.5. The molecule has 34 heavy (non-hydrogen) atoms. The number of nitrogens with zero attached hydrogens (tertiary/aromatic N) is 2. The van der Waals surface area contributed by atoms with Crippen LogP contribution in [0, 0.1) is 33.6 Å². The Morgan fingerprint density at radius 3 is 2.35 bits per heavy atom. The summed E-state index contributed by atoms with van der Waals surface area (Å²) in [5.41, 5.74) is 6.07. The van der Waals surface area contributed by atoms with E-state index in [0.29, 0.717) is 22.9 Å². The van der Waals surface area contributed by atoms with E-state index in [0.717, 1.165) is 16.7 Å². The van der Waals surface area contributed by atoms with Gasteiger partial charge in [-0.15, -0.1) is 5.54 Å². The van der Waals surface area contributed by atoms with Gasteiger partial charge in [0.1, 0.15) is 26.0 Å². The van der Waals surface area contributed by atoms with Gasteiger partial charge in [0.05, 0.1) is 10.6 Å². The lowest BCUT2D eigenvalue weighted by Gasteiger charge is -2.65. The molecule has 1 saturated carbocycles. The molecule has 1 amide bonds. The maximum Gasteiger partial charge on any atom is 0.254 e. The first-order chi connectivity index (χ1) is 15.8. The fourth-order valence-corrected chi connectivity index (χ4v) is 6.63. The monoisotopic (exact) mass is 490 g/mol. The van der Waals surface area contributed by atoms with Crippen LogP contribution in [0.15, 0.2) is 36.4 Å². The number of carbonyl (C=O) groups excluding carboxylic acids is 1. The molecule has 1 aliphatic carbocycles. The van der Waals surface area contributed by atoms with Gasteiger partial charge in [0, 0.05) is 40.6 Å². The van der Waals surface area contributed by atoms with Gasteiger partial charge >= 0.3 is 0 Å². The number of halogens is 1. The largest absolute Gasteiger partial charge is 0.489 e. The molecule has 2 aliphatic rings. The highest BCUT2D eigenvalue weighted by atomic mass is 35.5. The Bertz CT molecular complexity index is 1260. The van der Waals surface area contributed by atoms with E-state index in [2.05, 4.69) is 70.9 Å². The molecule has 0 spiro atoms. The normalized spacial score (nSPS) is 22.2. The van der Waals surface area contributed by atoms with Crippen LogP contribution in [0.4, 0.5) is 0 Å². The molecule has 0 atom stereocenters. The smallest absolute Gasteiger partial charge is 0.254 e. The zero-order chi connectivity index (χ0) is 25.1. The van der Waals surface area contributed by atoms with Gasteiger partial charge < -0.3 is 9.64 Å². The van der Waals surface area contributed by atoms with Crippen LogP contribution in [0.2, 0.25) is 24.7 Å². The Balaban J connectivity index is 1.57. The Hall–Kier alpha value is -2.73. The molecule has 4 nitrogen and oxygen atoms in total.